The highest BCUT2D eigenvalue weighted by Crippen LogP contribution is 2.47. The average molecular weight is 517 g/mol. The molecule has 6 heteroatoms. The maximum absolute atomic E-state index is 9.07. The van der Waals surface area contributed by atoms with Gasteiger partial charge in [-0.1, -0.05) is 91.0 Å². The van der Waals surface area contributed by atoms with Crippen LogP contribution < -0.4 is 4.74 Å². The summed E-state index contributed by atoms with van der Waals surface area (Å²) in [4.78, 5) is 1.54. The second-order valence-electron chi connectivity index (χ2n) is 10.1. The van der Waals surface area contributed by atoms with Crippen molar-refractivity contribution < 1.29 is 9.84 Å². The van der Waals surface area contributed by atoms with Crippen molar-refractivity contribution in [3.63, 3.8) is 0 Å². The van der Waals surface area contributed by atoms with Gasteiger partial charge in [0.05, 0.1) is 6.54 Å². The minimum Gasteiger partial charge on any atom is -0.489 e. The van der Waals surface area contributed by atoms with E-state index in [4.69, 9.17) is 9.84 Å². The summed E-state index contributed by atoms with van der Waals surface area (Å²) in [6.45, 7) is 1.23. The van der Waals surface area contributed by atoms with E-state index in [0.717, 1.165) is 24.2 Å². The Balaban J connectivity index is 1.29. The minimum absolute atomic E-state index is 0.109. The smallest absolute Gasteiger partial charge is 0.204 e. The highest BCUT2D eigenvalue weighted by Gasteiger charge is 2.32. The third-order valence-electron chi connectivity index (χ3n) is 7.55. The SMILES string of the molecule is OCCCn1nnc(-c2ccc([C@@H]3c4ccc(OCc5ccccc5)cc4CC[C@@H]3c3ccccc3)cc2)n1. The van der Waals surface area contributed by atoms with E-state index in [1.54, 1.807) is 4.80 Å². The lowest BCUT2D eigenvalue weighted by Gasteiger charge is -2.35. The first-order chi connectivity index (χ1) is 19.3. The summed E-state index contributed by atoms with van der Waals surface area (Å²) in [6, 6.07) is 36.4. The molecule has 5 aromatic rings. The number of tetrazole rings is 1. The molecule has 0 saturated carbocycles. The van der Waals surface area contributed by atoms with E-state index in [-0.39, 0.29) is 12.5 Å². The van der Waals surface area contributed by atoms with Crippen molar-refractivity contribution in [3.8, 4) is 17.1 Å². The van der Waals surface area contributed by atoms with Crippen molar-refractivity contribution in [2.24, 2.45) is 0 Å². The molecule has 0 unspecified atom stereocenters. The fourth-order valence-corrected chi connectivity index (χ4v) is 5.60. The molecule has 0 saturated heterocycles. The van der Waals surface area contributed by atoms with Crippen LogP contribution in [0.5, 0.6) is 5.75 Å². The minimum atomic E-state index is 0.109. The highest BCUT2D eigenvalue weighted by molar-refractivity contribution is 5.56. The van der Waals surface area contributed by atoms with Gasteiger partial charge in [0, 0.05) is 18.1 Å². The van der Waals surface area contributed by atoms with Gasteiger partial charge in [-0.2, -0.15) is 4.80 Å². The molecule has 1 aliphatic rings. The van der Waals surface area contributed by atoms with Crippen molar-refractivity contribution in [1.29, 1.82) is 0 Å². The van der Waals surface area contributed by atoms with Crippen LogP contribution in [0.3, 0.4) is 0 Å². The molecule has 0 fully saturated rings. The van der Waals surface area contributed by atoms with Gasteiger partial charge in [0.15, 0.2) is 0 Å². The zero-order valence-electron chi connectivity index (χ0n) is 21.9. The van der Waals surface area contributed by atoms with E-state index < -0.39 is 0 Å². The first kappa shape index (κ1) is 25.0. The number of ether oxygens (including phenoxy) is 1. The Morgan fingerprint density at radius 2 is 1.62 bits per heavy atom. The number of aromatic nitrogens is 4. The number of aryl methyl sites for hydroxylation is 2. The summed E-state index contributed by atoms with van der Waals surface area (Å²) in [5.74, 6) is 2.14. The molecule has 1 aliphatic carbocycles. The molecule has 0 aliphatic heterocycles. The van der Waals surface area contributed by atoms with Crippen molar-refractivity contribution in [1.82, 2.24) is 20.2 Å². The molecule has 0 radical (unpaired) electrons. The molecule has 39 heavy (non-hydrogen) atoms. The van der Waals surface area contributed by atoms with Crippen LogP contribution in [0.1, 0.15) is 52.5 Å². The maximum atomic E-state index is 9.07. The molecular weight excluding hydrogens is 484 g/mol. The first-order valence-corrected chi connectivity index (χ1v) is 13.6. The molecule has 0 amide bonds. The van der Waals surface area contributed by atoms with Gasteiger partial charge in [0.1, 0.15) is 12.4 Å². The lowest BCUT2D eigenvalue weighted by atomic mass is 9.69. The van der Waals surface area contributed by atoms with Crippen molar-refractivity contribution in [2.45, 2.75) is 44.2 Å². The number of hydrogen-bond donors (Lipinski definition) is 1. The third-order valence-corrected chi connectivity index (χ3v) is 7.55. The number of aliphatic hydroxyl groups is 1. The topological polar surface area (TPSA) is 73.1 Å². The quantitative estimate of drug-likeness (QED) is 0.254. The summed E-state index contributed by atoms with van der Waals surface area (Å²) >= 11 is 0. The third kappa shape index (κ3) is 5.61. The molecule has 2 atom stereocenters. The second-order valence-corrected chi connectivity index (χ2v) is 10.1. The van der Waals surface area contributed by atoms with Gasteiger partial charge in [-0.15, -0.1) is 10.2 Å². The number of nitrogens with zero attached hydrogens (tertiary/aromatic N) is 4. The molecule has 1 N–H and O–H groups in total. The van der Waals surface area contributed by atoms with Crippen LogP contribution in [0.2, 0.25) is 0 Å². The van der Waals surface area contributed by atoms with Gasteiger partial charge in [0.25, 0.3) is 0 Å². The predicted molar refractivity (Wildman–Crippen MR) is 152 cm³/mol. The maximum Gasteiger partial charge on any atom is 0.204 e. The zero-order valence-corrected chi connectivity index (χ0v) is 21.9. The average Bonchev–Trinajstić information content (AvgIpc) is 3.48. The number of benzene rings is 4. The van der Waals surface area contributed by atoms with Crippen LogP contribution in [-0.2, 0) is 19.6 Å². The predicted octanol–water partition coefficient (Wildman–Crippen LogP) is 6.16. The number of aliphatic hydroxyl groups excluding tert-OH is 1. The standard InChI is InChI=1S/C33H32N4O2/c38-21-7-20-37-35-33(34-36-37)27-14-12-26(13-15-27)32-30(25-10-5-2-6-11-25)18-16-28-22-29(17-19-31(28)32)39-23-24-8-3-1-4-9-24/h1-6,8-15,17,19,22,30,32,38H,7,16,18,20-21,23H2/t30-,32+/m1/s1. The van der Waals surface area contributed by atoms with Gasteiger partial charge in [-0.25, -0.2) is 0 Å². The van der Waals surface area contributed by atoms with Crippen LogP contribution in [0.4, 0.5) is 0 Å². The molecule has 0 bridgehead atoms. The molecular formula is C33H32N4O2. The Labute approximate surface area is 228 Å². The Hall–Kier alpha value is -4.29. The van der Waals surface area contributed by atoms with Crippen molar-refractivity contribution in [2.75, 3.05) is 6.61 Å². The Morgan fingerprint density at radius 3 is 2.38 bits per heavy atom. The number of fused-ring (bicyclic) bond motifs is 1. The Morgan fingerprint density at radius 1 is 0.846 bits per heavy atom. The second kappa shape index (κ2) is 11.6. The van der Waals surface area contributed by atoms with Crippen molar-refractivity contribution >= 4 is 0 Å². The van der Waals surface area contributed by atoms with E-state index in [0.29, 0.717) is 31.3 Å². The first-order valence-electron chi connectivity index (χ1n) is 13.6. The summed E-state index contributed by atoms with van der Waals surface area (Å²) in [5, 5.41) is 21.9. The molecule has 1 aromatic heterocycles. The fraction of sp³-hybridized carbons (Fsp3) is 0.242. The normalized spacial score (nSPS) is 16.5. The van der Waals surface area contributed by atoms with E-state index in [1.807, 2.05) is 18.2 Å². The molecule has 1 heterocycles. The van der Waals surface area contributed by atoms with E-state index in [9.17, 15) is 0 Å². The van der Waals surface area contributed by atoms with Crippen molar-refractivity contribution in [3.05, 3.63) is 131 Å². The Kier molecular flexibility index (Phi) is 7.45. The van der Waals surface area contributed by atoms with E-state index in [1.165, 1.54) is 27.8 Å². The molecule has 6 rings (SSSR count). The fourth-order valence-electron chi connectivity index (χ4n) is 5.60. The van der Waals surface area contributed by atoms with Gasteiger partial charge in [0.2, 0.25) is 5.82 Å². The largest absolute Gasteiger partial charge is 0.489 e. The van der Waals surface area contributed by atoms with Gasteiger partial charge < -0.3 is 9.84 Å². The van der Waals surface area contributed by atoms with Gasteiger partial charge in [-0.05, 0) is 70.3 Å². The molecule has 0 spiro atoms. The summed E-state index contributed by atoms with van der Waals surface area (Å²) in [7, 11) is 0. The zero-order chi connectivity index (χ0) is 26.4. The van der Waals surface area contributed by atoms with Gasteiger partial charge in [-0.3, -0.25) is 0 Å². The van der Waals surface area contributed by atoms with E-state index >= 15 is 0 Å². The van der Waals surface area contributed by atoms with Gasteiger partial charge >= 0.3 is 0 Å². The lowest BCUT2D eigenvalue weighted by Crippen LogP contribution is -2.20. The molecule has 6 nitrogen and oxygen atoms in total. The van der Waals surface area contributed by atoms with Crippen LogP contribution in [0.25, 0.3) is 11.4 Å². The Bertz CT molecular complexity index is 1500. The molecule has 4 aromatic carbocycles. The lowest BCUT2D eigenvalue weighted by molar-refractivity contribution is 0.272. The number of hydrogen-bond acceptors (Lipinski definition) is 5. The molecule has 196 valence electrons. The number of rotatable bonds is 9. The summed E-state index contributed by atoms with van der Waals surface area (Å²) in [6.07, 6.45) is 2.70. The van der Waals surface area contributed by atoms with Crippen LogP contribution in [0, 0.1) is 0 Å². The summed E-state index contributed by atoms with van der Waals surface area (Å²) < 4.78 is 6.17. The van der Waals surface area contributed by atoms with E-state index in [2.05, 4.69) is 100 Å². The summed E-state index contributed by atoms with van der Waals surface area (Å²) in [5.41, 5.74) is 7.47. The van der Waals surface area contributed by atoms with Crippen LogP contribution in [0.15, 0.2) is 103 Å². The van der Waals surface area contributed by atoms with Crippen LogP contribution in [-0.4, -0.2) is 31.9 Å². The highest BCUT2D eigenvalue weighted by atomic mass is 16.5. The van der Waals surface area contributed by atoms with Crippen LogP contribution >= 0.6 is 0 Å². The monoisotopic (exact) mass is 516 g/mol.